The van der Waals surface area contributed by atoms with Crippen molar-refractivity contribution in [2.75, 3.05) is 4.72 Å². The monoisotopic (exact) mass is 365 g/mol. The molecular weight excluding hydrogens is 359 g/mol. The fraction of sp³-hybridized carbons (Fsp3) is 0.0833. The van der Waals surface area contributed by atoms with Gasteiger partial charge in [-0.15, -0.1) is 11.3 Å². The van der Waals surface area contributed by atoms with E-state index in [-0.39, 0.29) is 5.01 Å². The SMILES string of the molecule is FC(F)c1ncc(SNc2ccc(Cl)c3c(Cl)c[nH]c23)s1. The summed E-state index contributed by atoms with van der Waals surface area (Å²) in [5, 5.41) is 1.61. The molecule has 0 unspecified atom stereocenters. The molecule has 3 aromatic rings. The molecule has 0 bridgehead atoms. The van der Waals surface area contributed by atoms with Gasteiger partial charge in [0, 0.05) is 11.6 Å². The van der Waals surface area contributed by atoms with Gasteiger partial charge in [-0.2, -0.15) is 0 Å². The largest absolute Gasteiger partial charge is 0.358 e. The fourth-order valence-corrected chi connectivity index (χ4v) is 3.88. The molecule has 2 aromatic heterocycles. The molecular formula is C12H7Cl2F2N3S2. The zero-order valence-electron chi connectivity index (χ0n) is 10.2. The van der Waals surface area contributed by atoms with E-state index >= 15 is 0 Å². The number of nitrogens with one attached hydrogen (secondary N) is 2. The van der Waals surface area contributed by atoms with Crippen molar-refractivity contribution in [1.82, 2.24) is 9.97 Å². The average Bonchev–Trinajstić information content (AvgIpc) is 3.06. The number of nitrogens with zero attached hydrogens (tertiary/aromatic N) is 1. The first-order valence-corrected chi connectivity index (χ1v) is 8.07. The van der Waals surface area contributed by atoms with E-state index in [9.17, 15) is 8.78 Å². The molecule has 3 nitrogen and oxygen atoms in total. The quantitative estimate of drug-likeness (QED) is 0.558. The zero-order valence-corrected chi connectivity index (χ0v) is 13.3. The Morgan fingerprint density at radius 1 is 1.29 bits per heavy atom. The Kier molecular flexibility index (Phi) is 4.26. The van der Waals surface area contributed by atoms with Gasteiger partial charge in [0.15, 0.2) is 5.01 Å². The molecule has 0 atom stereocenters. The lowest BCUT2D eigenvalue weighted by Gasteiger charge is -2.06. The van der Waals surface area contributed by atoms with Gasteiger partial charge in [-0.1, -0.05) is 23.2 Å². The minimum atomic E-state index is -2.55. The van der Waals surface area contributed by atoms with Gasteiger partial charge in [-0.3, -0.25) is 0 Å². The molecule has 21 heavy (non-hydrogen) atoms. The molecule has 0 aliphatic rings. The topological polar surface area (TPSA) is 40.7 Å². The molecule has 0 saturated carbocycles. The van der Waals surface area contributed by atoms with Crippen LogP contribution >= 0.6 is 46.5 Å². The predicted molar refractivity (Wildman–Crippen MR) is 84.9 cm³/mol. The summed E-state index contributed by atoms with van der Waals surface area (Å²) in [6.45, 7) is 0. The van der Waals surface area contributed by atoms with Crippen LogP contribution in [-0.2, 0) is 0 Å². The molecule has 3 rings (SSSR count). The molecule has 0 spiro atoms. The molecule has 0 aliphatic carbocycles. The second-order valence-electron chi connectivity index (χ2n) is 4.00. The van der Waals surface area contributed by atoms with Crippen LogP contribution in [-0.4, -0.2) is 9.97 Å². The number of halogens is 4. The van der Waals surface area contributed by atoms with Crippen LogP contribution in [0.4, 0.5) is 14.5 Å². The van der Waals surface area contributed by atoms with Crippen LogP contribution < -0.4 is 4.72 Å². The van der Waals surface area contributed by atoms with Gasteiger partial charge in [0.2, 0.25) is 0 Å². The third-order valence-electron chi connectivity index (χ3n) is 2.69. The Morgan fingerprint density at radius 2 is 2.10 bits per heavy atom. The summed E-state index contributed by atoms with van der Waals surface area (Å²) < 4.78 is 28.7. The van der Waals surface area contributed by atoms with Crippen molar-refractivity contribution < 1.29 is 8.78 Å². The Morgan fingerprint density at radius 3 is 2.81 bits per heavy atom. The molecule has 0 fully saturated rings. The minimum Gasteiger partial charge on any atom is -0.358 e. The van der Waals surface area contributed by atoms with Crippen molar-refractivity contribution in [3.63, 3.8) is 0 Å². The van der Waals surface area contributed by atoms with Gasteiger partial charge in [0.1, 0.15) is 4.21 Å². The molecule has 2 heterocycles. The second kappa shape index (κ2) is 6.00. The van der Waals surface area contributed by atoms with Crippen molar-refractivity contribution in [2.24, 2.45) is 0 Å². The minimum absolute atomic E-state index is 0.191. The summed E-state index contributed by atoms with van der Waals surface area (Å²) in [6, 6.07) is 3.52. The Labute approximate surface area is 136 Å². The van der Waals surface area contributed by atoms with Crippen LogP contribution in [0.5, 0.6) is 0 Å². The van der Waals surface area contributed by atoms with Gasteiger partial charge in [0.25, 0.3) is 6.43 Å². The summed E-state index contributed by atoms with van der Waals surface area (Å²) in [6.07, 6.45) is 0.516. The normalized spacial score (nSPS) is 11.5. The molecule has 110 valence electrons. The van der Waals surface area contributed by atoms with E-state index in [0.29, 0.717) is 14.3 Å². The number of hydrogen-bond donors (Lipinski definition) is 2. The maximum Gasteiger partial charge on any atom is 0.289 e. The molecule has 9 heteroatoms. The number of hydrogen-bond acceptors (Lipinski definition) is 4. The highest BCUT2D eigenvalue weighted by atomic mass is 35.5. The number of alkyl halides is 2. The Bertz CT molecular complexity index is 788. The van der Waals surface area contributed by atoms with Crippen LogP contribution in [0.25, 0.3) is 10.9 Å². The summed E-state index contributed by atoms with van der Waals surface area (Å²) in [5.41, 5.74) is 1.52. The molecule has 2 N–H and O–H groups in total. The van der Waals surface area contributed by atoms with Crippen molar-refractivity contribution >= 4 is 63.1 Å². The average molecular weight is 366 g/mol. The first-order chi connectivity index (χ1) is 10.1. The highest BCUT2D eigenvalue weighted by Crippen LogP contribution is 2.37. The lowest BCUT2D eigenvalue weighted by Crippen LogP contribution is -1.87. The molecule has 0 amide bonds. The first kappa shape index (κ1) is 14.9. The van der Waals surface area contributed by atoms with E-state index in [0.717, 1.165) is 27.9 Å². The number of benzene rings is 1. The number of rotatable bonds is 4. The van der Waals surface area contributed by atoms with E-state index in [1.54, 1.807) is 18.3 Å². The number of fused-ring (bicyclic) bond motifs is 1. The van der Waals surface area contributed by atoms with E-state index in [2.05, 4.69) is 14.7 Å². The van der Waals surface area contributed by atoms with Gasteiger partial charge in [0.05, 0.1) is 27.4 Å². The van der Waals surface area contributed by atoms with Crippen LogP contribution in [0.1, 0.15) is 11.4 Å². The second-order valence-corrected chi connectivity index (χ2v) is 6.99. The Balaban J connectivity index is 1.83. The van der Waals surface area contributed by atoms with Crippen LogP contribution in [0.3, 0.4) is 0 Å². The standard InChI is InChI=1S/C12H7Cl2F2N3S2/c13-5-1-2-7(10-9(5)6(14)3-17-10)19-21-8-4-18-12(20-8)11(15)16/h1-4,11,17,19H. The lowest BCUT2D eigenvalue weighted by atomic mass is 10.2. The number of H-pyrrole nitrogens is 1. The third kappa shape index (κ3) is 2.96. The van der Waals surface area contributed by atoms with E-state index in [1.165, 1.54) is 18.1 Å². The molecule has 0 radical (unpaired) electrons. The maximum atomic E-state index is 12.5. The van der Waals surface area contributed by atoms with Gasteiger partial charge in [-0.05, 0) is 24.1 Å². The summed E-state index contributed by atoms with van der Waals surface area (Å²) in [4.78, 5) is 6.70. The van der Waals surface area contributed by atoms with Crippen molar-refractivity contribution in [3.8, 4) is 0 Å². The molecule has 0 aliphatic heterocycles. The van der Waals surface area contributed by atoms with Gasteiger partial charge >= 0.3 is 0 Å². The van der Waals surface area contributed by atoms with E-state index < -0.39 is 6.43 Å². The zero-order chi connectivity index (χ0) is 15.0. The van der Waals surface area contributed by atoms with Crippen LogP contribution in [0.15, 0.2) is 28.7 Å². The summed E-state index contributed by atoms with van der Waals surface area (Å²) in [5.74, 6) is 0. The van der Waals surface area contributed by atoms with Crippen LogP contribution in [0, 0.1) is 0 Å². The van der Waals surface area contributed by atoms with Crippen molar-refractivity contribution in [3.05, 3.63) is 39.6 Å². The number of aromatic nitrogens is 2. The van der Waals surface area contributed by atoms with Crippen molar-refractivity contribution in [1.29, 1.82) is 0 Å². The number of thiazole rings is 1. The van der Waals surface area contributed by atoms with E-state index in [4.69, 9.17) is 23.2 Å². The van der Waals surface area contributed by atoms with Crippen molar-refractivity contribution in [2.45, 2.75) is 10.6 Å². The fourth-order valence-electron chi connectivity index (χ4n) is 1.78. The highest BCUT2D eigenvalue weighted by Gasteiger charge is 2.14. The smallest absolute Gasteiger partial charge is 0.289 e. The lowest BCUT2D eigenvalue weighted by molar-refractivity contribution is 0.151. The summed E-state index contributed by atoms with van der Waals surface area (Å²) >= 11 is 14.3. The van der Waals surface area contributed by atoms with E-state index in [1.807, 2.05) is 0 Å². The highest BCUT2D eigenvalue weighted by molar-refractivity contribution is 8.02. The Hall–Kier alpha value is -1.02. The van der Waals surface area contributed by atoms with Gasteiger partial charge < -0.3 is 9.71 Å². The predicted octanol–water partition coefficient (Wildman–Crippen LogP) is 5.99. The molecule has 0 saturated heterocycles. The summed E-state index contributed by atoms with van der Waals surface area (Å²) in [7, 11) is 0. The third-order valence-corrected chi connectivity index (χ3v) is 5.23. The number of aromatic amines is 1. The molecule has 1 aromatic carbocycles. The maximum absolute atomic E-state index is 12.5. The van der Waals surface area contributed by atoms with Crippen LogP contribution in [0.2, 0.25) is 10.0 Å². The first-order valence-electron chi connectivity index (χ1n) is 5.68. The van der Waals surface area contributed by atoms with Gasteiger partial charge in [-0.25, -0.2) is 13.8 Å². The number of anilines is 1.